The van der Waals surface area contributed by atoms with E-state index >= 15 is 0 Å². The molecule has 0 radical (unpaired) electrons. The molecular formula is C17H21N3O3. The molecule has 2 heterocycles. The average molecular weight is 315 g/mol. The first-order valence-electron chi connectivity index (χ1n) is 7.77. The number of aromatic nitrogens is 2. The largest absolute Gasteiger partial charge is 0.493 e. The Kier molecular flexibility index (Phi) is 4.23. The molecule has 0 spiro atoms. The van der Waals surface area contributed by atoms with Crippen molar-refractivity contribution in [3.05, 3.63) is 35.3 Å². The Balaban J connectivity index is 2.02. The third-order valence-corrected chi connectivity index (χ3v) is 4.22. The second-order valence-corrected chi connectivity index (χ2v) is 5.62. The summed E-state index contributed by atoms with van der Waals surface area (Å²) in [7, 11) is 3.11. The monoisotopic (exact) mass is 315 g/mol. The quantitative estimate of drug-likeness (QED) is 0.877. The highest BCUT2D eigenvalue weighted by Gasteiger charge is 2.24. The Morgan fingerprint density at radius 3 is 2.70 bits per heavy atom. The minimum absolute atomic E-state index is 0.135. The zero-order valence-electron chi connectivity index (χ0n) is 13.5. The Morgan fingerprint density at radius 2 is 1.96 bits per heavy atom. The summed E-state index contributed by atoms with van der Waals surface area (Å²) in [4.78, 5) is 17.3. The van der Waals surface area contributed by atoms with Crippen molar-refractivity contribution in [3.8, 4) is 11.5 Å². The second kappa shape index (κ2) is 6.32. The topological polar surface area (TPSA) is 79.4 Å². The highest BCUT2D eigenvalue weighted by molar-refractivity contribution is 6.11. The summed E-state index contributed by atoms with van der Waals surface area (Å²) < 4.78 is 12.5. The van der Waals surface area contributed by atoms with Crippen molar-refractivity contribution in [2.75, 3.05) is 20.0 Å². The van der Waals surface area contributed by atoms with Crippen molar-refractivity contribution in [1.29, 1.82) is 0 Å². The zero-order chi connectivity index (χ0) is 16.4. The van der Waals surface area contributed by atoms with Crippen LogP contribution in [0.2, 0.25) is 0 Å². The number of carbonyl (C=O) groups is 1. The number of nitrogen functional groups attached to an aromatic ring is 1. The summed E-state index contributed by atoms with van der Waals surface area (Å²) in [5.41, 5.74) is 7.02. The molecule has 0 saturated carbocycles. The number of hydrogen-bond donors (Lipinski definition) is 1. The first-order chi connectivity index (χ1) is 11.2. The minimum atomic E-state index is -0.135. The summed E-state index contributed by atoms with van der Waals surface area (Å²) in [6.07, 6.45) is 4.13. The maximum Gasteiger partial charge on any atom is 0.213 e. The Hall–Kier alpha value is -2.50. The van der Waals surface area contributed by atoms with E-state index in [1.807, 2.05) is 4.57 Å². The van der Waals surface area contributed by atoms with Gasteiger partial charge in [-0.3, -0.25) is 4.79 Å². The van der Waals surface area contributed by atoms with Gasteiger partial charge in [0, 0.05) is 18.5 Å². The SMILES string of the molecule is COc1ccc(C(=O)c2c(N)nc3n2CCCCC3)cc1OC. The van der Waals surface area contributed by atoms with E-state index in [0.29, 0.717) is 28.6 Å². The minimum Gasteiger partial charge on any atom is -0.493 e. The van der Waals surface area contributed by atoms with Gasteiger partial charge in [0.05, 0.1) is 14.2 Å². The molecule has 0 aliphatic carbocycles. The van der Waals surface area contributed by atoms with Gasteiger partial charge in [-0.25, -0.2) is 4.98 Å². The second-order valence-electron chi connectivity index (χ2n) is 5.62. The van der Waals surface area contributed by atoms with E-state index < -0.39 is 0 Å². The van der Waals surface area contributed by atoms with Crippen LogP contribution in [-0.4, -0.2) is 29.6 Å². The number of fused-ring (bicyclic) bond motifs is 1. The van der Waals surface area contributed by atoms with Crippen LogP contribution in [0.15, 0.2) is 18.2 Å². The Bertz CT molecular complexity index is 737. The van der Waals surface area contributed by atoms with Gasteiger partial charge in [0.2, 0.25) is 5.78 Å². The number of imidazole rings is 1. The van der Waals surface area contributed by atoms with Gasteiger partial charge < -0.3 is 19.8 Å². The molecule has 122 valence electrons. The van der Waals surface area contributed by atoms with Gasteiger partial charge in [-0.15, -0.1) is 0 Å². The third-order valence-electron chi connectivity index (χ3n) is 4.22. The molecule has 2 aromatic rings. The molecular weight excluding hydrogens is 294 g/mol. The number of anilines is 1. The Labute approximate surface area is 135 Å². The van der Waals surface area contributed by atoms with Crippen molar-refractivity contribution in [2.24, 2.45) is 0 Å². The van der Waals surface area contributed by atoms with Crippen molar-refractivity contribution in [1.82, 2.24) is 9.55 Å². The number of ether oxygens (including phenoxy) is 2. The van der Waals surface area contributed by atoms with Crippen LogP contribution < -0.4 is 15.2 Å². The van der Waals surface area contributed by atoms with Crippen LogP contribution in [0.25, 0.3) is 0 Å². The molecule has 0 atom stereocenters. The summed E-state index contributed by atoms with van der Waals surface area (Å²) in [5, 5.41) is 0. The molecule has 2 N–H and O–H groups in total. The highest BCUT2D eigenvalue weighted by atomic mass is 16.5. The maximum atomic E-state index is 12.9. The lowest BCUT2D eigenvalue weighted by Crippen LogP contribution is -2.13. The molecule has 0 saturated heterocycles. The zero-order valence-corrected chi connectivity index (χ0v) is 13.5. The van der Waals surface area contributed by atoms with Gasteiger partial charge in [0.1, 0.15) is 11.5 Å². The van der Waals surface area contributed by atoms with Gasteiger partial charge in [-0.2, -0.15) is 0 Å². The smallest absolute Gasteiger partial charge is 0.213 e. The summed E-state index contributed by atoms with van der Waals surface area (Å²) >= 11 is 0. The first kappa shape index (κ1) is 15.4. The normalized spacial score (nSPS) is 14.0. The van der Waals surface area contributed by atoms with Gasteiger partial charge in [-0.05, 0) is 31.0 Å². The number of rotatable bonds is 4. The van der Waals surface area contributed by atoms with E-state index in [1.165, 1.54) is 0 Å². The highest BCUT2D eigenvalue weighted by Crippen LogP contribution is 2.30. The van der Waals surface area contributed by atoms with Crippen LogP contribution in [-0.2, 0) is 13.0 Å². The lowest BCUT2D eigenvalue weighted by molar-refractivity contribution is 0.103. The number of ketones is 1. The Morgan fingerprint density at radius 1 is 1.17 bits per heavy atom. The molecule has 1 aromatic heterocycles. The van der Waals surface area contributed by atoms with Gasteiger partial charge >= 0.3 is 0 Å². The lowest BCUT2D eigenvalue weighted by atomic mass is 10.1. The van der Waals surface area contributed by atoms with Crippen LogP contribution >= 0.6 is 0 Å². The van der Waals surface area contributed by atoms with Crippen molar-refractivity contribution in [3.63, 3.8) is 0 Å². The number of hydrogen-bond acceptors (Lipinski definition) is 5. The van der Waals surface area contributed by atoms with Crippen molar-refractivity contribution < 1.29 is 14.3 Å². The molecule has 3 rings (SSSR count). The van der Waals surface area contributed by atoms with Gasteiger partial charge in [-0.1, -0.05) is 6.42 Å². The third kappa shape index (κ3) is 2.76. The molecule has 1 aliphatic heterocycles. The molecule has 0 amide bonds. The van der Waals surface area contributed by atoms with Crippen LogP contribution in [0.3, 0.4) is 0 Å². The fourth-order valence-electron chi connectivity index (χ4n) is 3.03. The molecule has 1 aromatic carbocycles. The predicted molar refractivity (Wildman–Crippen MR) is 87.2 cm³/mol. The van der Waals surface area contributed by atoms with Crippen LogP contribution in [0.5, 0.6) is 11.5 Å². The summed E-state index contributed by atoms with van der Waals surface area (Å²) in [6.45, 7) is 0.786. The van der Waals surface area contributed by atoms with E-state index in [9.17, 15) is 4.79 Å². The van der Waals surface area contributed by atoms with Gasteiger partial charge in [0.15, 0.2) is 17.3 Å². The molecule has 0 unspecified atom stereocenters. The molecule has 1 aliphatic rings. The van der Waals surface area contributed by atoms with Crippen LogP contribution in [0, 0.1) is 0 Å². The number of carbonyl (C=O) groups excluding carboxylic acids is 1. The molecule has 6 heteroatoms. The van der Waals surface area contributed by atoms with Crippen molar-refractivity contribution in [2.45, 2.75) is 32.2 Å². The van der Waals surface area contributed by atoms with E-state index in [2.05, 4.69) is 4.98 Å². The number of aryl methyl sites for hydroxylation is 1. The molecule has 0 bridgehead atoms. The van der Waals surface area contributed by atoms with E-state index in [-0.39, 0.29) is 5.78 Å². The van der Waals surface area contributed by atoms with Crippen molar-refractivity contribution >= 4 is 11.6 Å². The summed E-state index contributed by atoms with van der Waals surface area (Å²) in [5.74, 6) is 2.19. The molecule has 0 fully saturated rings. The molecule has 23 heavy (non-hydrogen) atoms. The van der Waals surface area contributed by atoms with Crippen LogP contribution in [0.1, 0.15) is 41.1 Å². The number of nitrogens with two attached hydrogens (primary N) is 1. The predicted octanol–water partition coefficient (Wildman–Crippen LogP) is 2.44. The number of nitrogens with zero attached hydrogens (tertiary/aromatic N) is 2. The molecule has 6 nitrogen and oxygen atoms in total. The number of benzene rings is 1. The maximum absolute atomic E-state index is 12.9. The van der Waals surface area contributed by atoms with E-state index in [1.54, 1.807) is 32.4 Å². The van der Waals surface area contributed by atoms with E-state index in [0.717, 1.165) is 38.1 Å². The lowest BCUT2D eigenvalue weighted by Gasteiger charge is -2.11. The first-order valence-corrected chi connectivity index (χ1v) is 7.77. The standard InChI is InChI=1S/C17H21N3O3/c1-22-12-8-7-11(10-13(12)23-2)16(21)15-17(18)19-14-6-4-3-5-9-20(14)15/h7-8,10H,3-6,9,18H2,1-2H3. The average Bonchev–Trinajstić information content (AvgIpc) is 2.73. The fraction of sp³-hybridized carbons (Fsp3) is 0.412. The fourth-order valence-corrected chi connectivity index (χ4v) is 3.03. The summed E-state index contributed by atoms with van der Waals surface area (Å²) in [6, 6.07) is 5.12. The van der Waals surface area contributed by atoms with Gasteiger partial charge in [0.25, 0.3) is 0 Å². The number of methoxy groups -OCH3 is 2. The van der Waals surface area contributed by atoms with Crippen LogP contribution in [0.4, 0.5) is 5.82 Å². The van der Waals surface area contributed by atoms with E-state index in [4.69, 9.17) is 15.2 Å².